The Kier molecular flexibility index (Phi) is 5.04. The summed E-state index contributed by atoms with van der Waals surface area (Å²) in [6.07, 6.45) is 1.97. The van der Waals surface area contributed by atoms with E-state index < -0.39 is 0 Å². The molecule has 0 aliphatic heterocycles. The fraction of sp³-hybridized carbons (Fsp3) is 0.0870. The lowest BCUT2D eigenvalue weighted by Crippen LogP contribution is -2.29. The molecule has 0 radical (unpaired) electrons. The van der Waals surface area contributed by atoms with Crippen molar-refractivity contribution in [3.05, 3.63) is 101 Å². The number of benzene rings is 3. The summed E-state index contributed by atoms with van der Waals surface area (Å²) in [6.45, 7) is 0.375. The average molecular weight is 391 g/mol. The van der Waals surface area contributed by atoms with Crippen LogP contribution in [0.5, 0.6) is 5.75 Å². The minimum atomic E-state index is -0.243. The highest BCUT2D eigenvalue weighted by molar-refractivity contribution is 6.31. The number of nitrogens with one attached hydrogen (secondary N) is 2. The summed E-state index contributed by atoms with van der Waals surface area (Å²) in [6, 6.07) is 22.0. The van der Waals surface area contributed by atoms with Crippen LogP contribution in [-0.4, -0.2) is 22.5 Å². The molecule has 0 aliphatic rings. The van der Waals surface area contributed by atoms with E-state index in [2.05, 4.69) is 16.4 Å². The van der Waals surface area contributed by atoms with E-state index >= 15 is 0 Å². The molecule has 4 rings (SSSR count). The molecule has 3 aromatic carbocycles. The van der Waals surface area contributed by atoms with Crippen molar-refractivity contribution >= 4 is 28.4 Å². The van der Waals surface area contributed by atoms with Gasteiger partial charge in [-0.3, -0.25) is 4.79 Å². The number of amides is 1. The molecule has 140 valence electrons. The molecule has 1 heterocycles. The first kappa shape index (κ1) is 18.1. The molecule has 1 atom stereocenters. The molecule has 5 heteroatoms. The topological polar surface area (TPSA) is 65.1 Å². The molecule has 0 unspecified atom stereocenters. The van der Waals surface area contributed by atoms with Crippen LogP contribution in [0.2, 0.25) is 5.02 Å². The summed E-state index contributed by atoms with van der Waals surface area (Å²) in [5.41, 5.74) is 3.47. The number of phenolic OH excluding ortho intramolecular Hbond substituents is 1. The summed E-state index contributed by atoms with van der Waals surface area (Å²) < 4.78 is 0. The lowest BCUT2D eigenvalue weighted by molar-refractivity contribution is 0.0952. The highest BCUT2D eigenvalue weighted by Gasteiger charge is 2.21. The van der Waals surface area contributed by atoms with Gasteiger partial charge in [-0.25, -0.2) is 0 Å². The quantitative estimate of drug-likeness (QED) is 0.444. The van der Waals surface area contributed by atoms with Crippen LogP contribution in [0.4, 0.5) is 0 Å². The van der Waals surface area contributed by atoms with Crippen molar-refractivity contribution < 1.29 is 9.90 Å². The number of hydrogen-bond donors (Lipinski definition) is 3. The number of rotatable bonds is 5. The number of halogens is 1. The maximum Gasteiger partial charge on any atom is 0.251 e. The number of phenols is 1. The maximum absolute atomic E-state index is 12.6. The van der Waals surface area contributed by atoms with Crippen molar-refractivity contribution in [2.24, 2.45) is 0 Å². The zero-order valence-corrected chi connectivity index (χ0v) is 15.8. The first-order chi connectivity index (χ1) is 13.6. The van der Waals surface area contributed by atoms with Crippen LogP contribution in [0.15, 0.2) is 79.0 Å². The zero-order valence-electron chi connectivity index (χ0n) is 15.0. The Balaban J connectivity index is 1.68. The normalized spacial score (nSPS) is 12.0. The van der Waals surface area contributed by atoms with Gasteiger partial charge in [-0.15, -0.1) is 0 Å². The number of H-pyrrole nitrogens is 1. The van der Waals surface area contributed by atoms with Crippen molar-refractivity contribution in [1.82, 2.24) is 10.3 Å². The van der Waals surface area contributed by atoms with E-state index in [4.69, 9.17) is 11.6 Å². The van der Waals surface area contributed by atoms with E-state index in [1.54, 1.807) is 12.1 Å². The summed E-state index contributed by atoms with van der Waals surface area (Å²) in [4.78, 5) is 15.9. The average Bonchev–Trinajstić information content (AvgIpc) is 3.13. The second kappa shape index (κ2) is 7.79. The van der Waals surface area contributed by atoms with Crippen LogP contribution in [-0.2, 0) is 0 Å². The Labute approximate surface area is 167 Å². The minimum Gasteiger partial charge on any atom is -0.508 e. The second-order valence-electron chi connectivity index (χ2n) is 6.62. The van der Waals surface area contributed by atoms with Crippen LogP contribution >= 0.6 is 11.6 Å². The number of hydrogen-bond acceptors (Lipinski definition) is 2. The highest BCUT2D eigenvalue weighted by Crippen LogP contribution is 2.34. The standard InChI is InChI=1S/C23H19ClN2O2/c24-21-10-3-1-8-17(21)19(20-13-25-22-11-4-2-9-18(20)22)14-26-23(28)15-6-5-7-16(27)12-15/h1-13,19,25,27H,14H2,(H,26,28)/t19-/m0/s1. The molecule has 4 nitrogen and oxygen atoms in total. The second-order valence-corrected chi connectivity index (χ2v) is 7.03. The predicted molar refractivity (Wildman–Crippen MR) is 112 cm³/mol. The van der Waals surface area contributed by atoms with Gasteiger partial charge in [0.25, 0.3) is 5.91 Å². The summed E-state index contributed by atoms with van der Waals surface area (Å²) in [5.74, 6) is -0.300. The molecule has 28 heavy (non-hydrogen) atoms. The van der Waals surface area contributed by atoms with E-state index in [1.165, 1.54) is 12.1 Å². The Hall–Kier alpha value is -3.24. The molecular weight excluding hydrogens is 372 g/mol. The fourth-order valence-electron chi connectivity index (χ4n) is 3.47. The van der Waals surface area contributed by atoms with Gasteiger partial charge in [0.05, 0.1) is 0 Å². The van der Waals surface area contributed by atoms with Gasteiger partial charge in [0.15, 0.2) is 0 Å². The zero-order chi connectivity index (χ0) is 19.5. The smallest absolute Gasteiger partial charge is 0.251 e. The van der Waals surface area contributed by atoms with Gasteiger partial charge in [0, 0.05) is 40.1 Å². The van der Waals surface area contributed by atoms with Gasteiger partial charge < -0.3 is 15.4 Å². The Morgan fingerprint density at radius 1 is 1.00 bits per heavy atom. The molecular formula is C23H19ClN2O2. The Bertz CT molecular complexity index is 1140. The summed E-state index contributed by atoms with van der Waals surface area (Å²) >= 11 is 6.48. The Morgan fingerprint density at radius 3 is 2.61 bits per heavy atom. The predicted octanol–water partition coefficient (Wildman–Crippen LogP) is 5.09. The minimum absolute atomic E-state index is 0.0620. The number of aromatic amines is 1. The van der Waals surface area contributed by atoms with Crippen LogP contribution in [0.3, 0.4) is 0 Å². The van der Waals surface area contributed by atoms with E-state index in [9.17, 15) is 9.90 Å². The number of carbonyl (C=O) groups excluding carboxylic acids is 1. The van der Waals surface area contributed by atoms with Crippen molar-refractivity contribution in [2.75, 3.05) is 6.54 Å². The Morgan fingerprint density at radius 2 is 1.79 bits per heavy atom. The molecule has 0 spiro atoms. The molecule has 3 N–H and O–H groups in total. The first-order valence-electron chi connectivity index (χ1n) is 9.01. The van der Waals surface area contributed by atoms with Crippen LogP contribution < -0.4 is 5.32 Å². The van der Waals surface area contributed by atoms with Crippen molar-refractivity contribution in [3.63, 3.8) is 0 Å². The third-order valence-corrected chi connectivity index (χ3v) is 5.20. The van der Waals surface area contributed by atoms with E-state index in [1.807, 2.05) is 48.7 Å². The van der Waals surface area contributed by atoms with Gasteiger partial charge in [0.1, 0.15) is 5.75 Å². The monoisotopic (exact) mass is 390 g/mol. The highest BCUT2D eigenvalue weighted by atomic mass is 35.5. The van der Waals surface area contributed by atoms with E-state index in [-0.39, 0.29) is 17.6 Å². The number of carbonyl (C=O) groups is 1. The molecule has 0 saturated heterocycles. The van der Waals surface area contributed by atoms with Crippen molar-refractivity contribution in [3.8, 4) is 5.75 Å². The molecule has 4 aromatic rings. The van der Waals surface area contributed by atoms with E-state index in [0.717, 1.165) is 22.0 Å². The van der Waals surface area contributed by atoms with Crippen LogP contribution in [0.25, 0.3) is 10.9 Å². The maximum atomic E-state index is 12.6. The van der Waals surface area contributed by atoms with Crippen LogP contribution in [0.1, 0.15) is 27.4 Å². The molecule has 0 aliphatic carbocycles. The number of aromatic nitrogens is 1. The number of aromatic hydroxyl groups is 1. The lowest BCUT2D eigenvalue weighted by atomic mass is 9.90. The molecule has 1 aromatic heterocycles. The van der Waals surface area contributed by atoms with Crippen LogP contribution in [0, 0.1) is 0 Å². The summed E-state index contributed by atoms with van der Waals surface area (Å²) in [5, 5.41) is 14.4. The number of fused-ring (bicyclic) bond motifs is 1. The third-order valence-electron chi connectivity index (χ3n) is 4.85. The largest absolute Gasteiger partial charge is 0.508 e. The summed E-state index contributed by atoms with van der Waals surface area (Å²) in [7, 11) is 0. The van der Waals surface area contributed by atoms with Crippen molar-refractivity contribution in [1.29, 1.82) is 0 Å². The van der Waals surface area contributed by atoms with Gasteiger partial charge in [-0.1, -0.05) is 54.1 Å². The van der Waals surface area contributed by atoms with Gasteiger partial charge >= 0.3 is 0 Å². The van der Waals surface area contributed by atoms with Gasteiger partial charge in [-0.05, 0) is 41.5 Å². The van der Waals surface area contributed by atoms with Crippen molar-refractivity contribution in [2.45, 2.75) is 5.92 Å². The molecule has 1 amide bonds. The number of para-hydroxylation sites is 1. The van der Waals surface area contributed by atoms with E-state index in [0.29, 0.717) is 17.1 Å². The molecule has 0 fully saturated rings. The fourth-order valence-corrected chi connectivity index (χ4v) is 3.74. The first-order valence-corrected chi connectivity index (χ1v) is 9.39. The van der Waals surface area contributed by atoms with Gasteiger partial charge in [0.2, 0.25) is 0 Å². The molecule has 0 saturated carbocycles. The molecule has 0 bridgehead atoms. The van der Waals surface area contributed by atoms with Gasteiger partial charge in [-0.2, -0.15) is 0 Å². The lowest BCUT2D eigenvalue weighted by Gasteiger charge is -2.19. The SMILES string of the molecule is O=C(NC[C@@H](c1ccccc1Cl)c1c[nH]c2ccccc12)c1cccc(O)c1. The third kappa shape index (κ3) is 3.59.